The lowest BCUT2D eigenvalue weighted by Gasteiger charge is -2.35. The van der Waals surface area contributed by atoms with Crippen LogP contribution in [0, 0.1) is 0 Å². The summed E-state index contributed by atoms with van der Waals surface area (Å²) in [5.74, 6) is 1.03. The molecule has 1 atom stereocenters. The van der Waals surface area contributed by atoms with E-state index in [1.807, 2.05) is 12.1 Å². The van der Waals surface area contributed by atoms with Gasteiger partial charge in [0, 0.05) is 23.7 Å². The summed E-state index contributed by atoms with van der Waals surface area (Å²) in [6.07, 6.45) is 4.61. The summed E-state index contributed by atoms with van der Waals surface area (Å²) >= 11 is 6.12. The van der Waals surface area contributed by atoms with Crippen LogP contribution in [0.25, 0.3) is 5.70 Å². The maximum absolute atomic E-state index is 6.12. The van der Waals surface area contributed by atoms with E-state index in [-0.39, 0.29) is 6.04 Å². The van der Waals surface area contributed by atoms with Crippen LogP contribution in [0.15, 0.2) is 59.1 Å². The molecule has 132 valence electrons. The van der Waals surface area contributed by atoms with Crippen LogP contribution in [0.4, 0.5) is 0 Å². The van der Waals surface area contributed by atoms with Crippen LogP contribution in [0.1, 0.15) is 42.0 Å². The first-order valence-electron chi connectivity index (χ1n) is 9.46. The summed E-state index contributed by atoms with van der Waals surface area (Å²) < 4.78 is 0. The molecule has 2 heterocycles. The normalized spacial score (nSPS) is 21.8. The molecular formula is C22H22ClN3. The average Bonchev–Trinajstić information content (AvgIpc) is 3.22. The van der Waals surface area contributed by atoms with Gasteiger partial charge < -0.3 is 10.2 Å². The SMILES string of the molecule is Clc1ccc(C2N=C(N3CCCC3)NC3=C2CCc2ccccc23)cc1. The van der Waals surface area contributed by atoms with Gasteiger partial charge in [-0.1, -0.05) is 48.0 Å². The molecule has 3 nitrogen and oxygen atoms in total. The summed E-state index contributed by atoms with van der Waals surface area (Å²) in [5.41, 5.74) is 6.65. The van der Waals surface area contributed by atoms with E-state index < -0.39 is 0 Å². The molecule has 0 spiro atoms. The second kappa shape index (κ2) is 6.48. The minimum atomic E-state index is 0.0764. The highest BCUT2D eigenvalue weighted by molar-refractivity contribution is 6.30. The average molecular weight is 364 g/mol. The predicted octanol–water partition coefficient (Wildman–Crippen LogP) is 4.79. The Morgan fingerprint density at radius 2 is 1.73 bits per heavy atom. The molecule has 0 amide bonds. The summed E-state index contributed by atoms with van der Waals surface area (Å²) in [7, 11) is 0. The van der Waals surface area contributed by atoms with Crippen LogP contribution < -0.4 is 5.32 Å². The Balaban J connectivity index is 1.62. The van der Waals surface area contributed by atoms with Crippen molar-refractivity contribution >= 4 is 23.3 Å². The molecule has 5 rings (SSSR count). The fourth-order valence-corrected chi connectivity index (χ4v) is 4.45. The molecule has 1 aliphatic carbocycles. The number of fused-ring (bicyclic) bond motifs is 2. The van der Waals surface area contributed by atoms with Gasteiger partial charge in [0.2, 0.25) is 0 Å². The molecule has 0 saturated carbocycles. The van der Waals surface area contributed by atoms with Gasteiger partial charge in [-0.05, 0) is 54.5 Å². The van der Waals surface area contributed by atoms with Gasteiger partial charge in [0.15, 0.2) is 5.96 Å². The quantitative estimate of drug-likeness (QED) is 0.788. The first-order chi connectivity index (χ1) is 12.8. The molecular weight excluding hydrogens is 342 g/mol. The smallest absolute Gasteiger partial charge is 0.199 e. The zero-order valence-electron chi connectivity index (χ0n) is 14.7. The Hall–Kier alpha value is -2.26. The van der Waals surface area contributed by atoms with Gasteiger partial charge in [0.1, 0.15) is 6.04 Å². The van der Waals surface area contributed by atoms with Gasteiger partial charge in [0.05, 0.1) is 5.70 Å². The third-order valence-electron chi connectivity index (χ3n) is 5.68. The Morgan fingerprint density at radius 1 is 0.962 bits per heavy atom. The van der Waals surface area contributed by atoms with E-state index >= 15 is 0 Å². The van der Waals surface area contributed by atoms with Crippen LogP contribution in [0.2, 0.25) is 5.02 Å². The highest BCUT2D eigenvalue weighted by Gasteiger charge is 2.32. The van der Waals surface area contributed by atoms with Crippen molar-refractivity contribution in [2.24, 2.45) is 4.99 Å². The predicted molar refractivity (Wildman–Crippen MR) is 107 cm³/mol. The summed E-state index contributed by atoms with van der Waals surface area (Å²) in [5, 5.41) is 4.47. The molecule has 1 N–H and O–H groups in total. The van der Waals surface area contributed by atoms with Gasteiger partial charge >= 0.3 is 0 Å². The van der Waals surface area contributed by atoms with Gasteiger partial charge in [0.25, 0.3) is 0 Å². The van der Waals surface area contributed by atoms with Gasteiger partial charge in [-0.2, -0.15) is 0 Å². The van der Waals surface area contributed by atoms with Crippen molar-refractivity contribution in [2.45, 2.75) is 31.7 Å². The third kappa shape index (κ3) is 2.71. The van der Waals surface area contributed by atoms with E-state index in [1.54, 1.807) is 0 Å². The maximum Gasteiger partial charge on any atom is 0.199 e. The van der Waals surface area contributed by atoms with Gasteiger partial charge in [-0.15, -0.1) is 0 Å². The number of halogens is 1. The van der Waals surface area contributed by atoms with E-state index in [9.17, 15) is 0 Å². The van der Waals surface area contributed by atoms with Gasteiger partial charge in [-0.3, -0.25) is 0 Å². The summed E-state index contributed by atoms with van der Waals surface area (Å²) in [6, 6.07) is 17.0. The zero-order valence-corrected chi connectivity index (χ0v) is 15.5. The molecule has 2 aromatic rings. The number of rotatable bonds is 1. The van der Waals surface area contributed by atoms with E-state index in [4.69, 9.17) is 16.6 Å². The fraction of sp³-hybridized carbons (Fsp3) is 0.318. The number of aryl methyl sites for hydroxylation is 1. The molecule has 4 heteroatoms. The van der Waals surface area contributed by atoms with Crippen LogP contribution in [-0.4, -0.2) is 23.9 Å². The largest absolute Gasteiger partial charge is 0.343 e. The molecule has 0 radical (unpaired) electrons. The number of aliphatic imine (C=N–C) groups is 1. The number of nitrogens with zero attached hydrogens (tertiary/aromatic N) is 2. The molecule has 0 bridgehead atoms. The highest BCUT2D eigenvalue weighted by atomic mass is 35.5. The lowest BCUT2D eigenvalue weighted by atomic mass is 9.83. The van der Waals surface area contributed by atoms with Crippen LogP contribution in [0.3, 0.4) is 0 Å². The van der Waals surface area contributed by atoms with E-state index in [2.05, 4.69) is 46.6 Å². The monoisotopic (exact) mass is 363 g/mol. The lowest BCUT2D eigenvalue weighted by molar-refractivity contribution is 0.494. The lowest BCUT2D eigenvalue weighted by Crippen LogP contribution is -2.42. The molecule has 26 heavy (non-hydrogen) atoms. The Morgan fingerprint density at radius 3 is 2.54 bits per heavy atom. The van der Waals surface area contributed by atoms with Gasteiger partial charge in [-0.25, -0.2) is 4.99 Å². The Kier molecular flexibility index (Phi) is 3.97. The van der Waals surface area contributed by atoms with Crippen molar-refractivity contribution < 1.29 is 0 Å². The summed E-state index contributed by atoms with van der Waals surface area (Å²) in [4.78, 5) is 7.54. The first kappa shape index (κ1) is 16.0. The number of nitrogens with one attached hydrogen (secondary N) is 1. The van der Waals surface area contributed by atoms with Crippen molar-refractivity contribution in [1.29, 1.82) is 0 Å². The van der Waals surface area contributed by atoms with Crippen LogP contribution in [-0.2, 0) is 6.42 Å². The first-order valence-corrected chi connectivity index (χ1v) is 9.84. The Bertz CT molecular complexity index is 892. The van der Waals surface area contributed by atoms with Crippen LogP contribution in [0.5, 0.6) is 0 Å². The molecule has 1 fully saturated rings. The fourth-order valence-electron chi connectivity index (χ4n) is 4.33. The van der Waals surface area contributed by atoms with Crippen molar-refractivity contribution in [3.8, 4) is 0 Å². The molecule has 1 unspecified atom stereocenters. The highest BCUT2D eigenvalue weighted by Crippen LogP contribution is 2.41. The molecule has 3 aliphatic rings. The van der Waals surface area contributed by atoms with E-state index in [0.717, 1.165) is 36.9 Å². The van der Waals surface area contributed by atoms with Crippen molar-refractivity contribution in [1.82, 2.24) is 10.2 Å². The number of likely N-dealkylation sites (tertiary alicyclic amines) is 1. The second-order valence-electron chi connectivity index (χ2n) is 7.28. The number of hydrogen-bond donors (Lipinski definition) is 1. The zero-order chi connectivity index (χ0) is 17.5. The molecule has 0 aromatic heterocycles. The second-order valence-corrected chi connectivity index (χ2v) is 7.72. The maximum atomic E-state index is 6.12. The number of benzene rings is 2. The number of hydrogen-bond acceptors (Lipinski definition) is 3. The molecule has 2 aromatic carbocycles. The minimum Gasteiger partial charge on any atom is -0.343 e. The minimum absolute atomic E-state index is 0.0764. The third-order valence-corrected chi connectivity index (χ3v) is 5.93. The van der Waals surface area contributed by atoms with E-state index in [0.29, 0.717) is 0 Å². The van der Waals surface area contributed by atoms with Crippen molar-refractivity contribution in [3.05, 3.63) is 75.8 Å². The molecule has 1 saturated heterocycles. The Labute approximate surface area is 159 Å². The topological polar surface area (TPSA) is 27.6 Å². The van der Waals surface area contributed by atoms with E-state index in [1.165, 1.54) is 40.8 Å². The van der Waals surface area contributed by atoms with Crippen LogP contribution >= 0.6 is 11.6 Å². The number of guanidine groups is 1. The summed E-state index contributed by atoms with van der Waals surface area (Å²) in [6.45, 7) is 2.17. The van der Waals surface area contributed by atoms with Crippen molar-refractivity contribution in [2.75, 3.05) is 13.1 Å². The molecule has 2 aliphatic heterocycles. The standard InChI is InChI=1S/C22H22ClN3/c23-17-10-7-16(8-11-17)20-19-12-9-15-5-1-2-6-18(15)21(19)25-22(24-20)26-13-3-4-14-26/h1-2,5-8,10-11,20H,3-4,9,12-14H2,(H,24,25). The van der Waals surface area contributed by atoms with Crippen molar-refractivity contribution in [3.63, 3.8) is 0 Å².